The van der Waals surface area contributed by atoms with Crippen LogP contribution in [0.3, 0.4) is 0 Å². The number of ether oxygens (including phenoxy) is 1. The van der Waals surface area contributed by atoms with Crippen molar-refractivity contribution in [1.29, 1.82) is 0 Å². The summed E-state index contributed by atoms with van der Waals surface area (Å²) in [5.41, 5.74) is -0.437. The molecule has 5 nitrogen and oxygen atoms in total. The minimum atomic E-state index is -3.82. The zero-order chi connectivity index (χ0) is 32.3. The average molecular weight is 623 g/mol. The van der Waals surface area contributed by atoms with Crippen molar-refractivity contribution in [3.05, 3.63) is 143 Å². The number of fused-ring (bicyclic) bond motifs is 1. The molecule has 8 rings (SSSR count). The lowest BCUT2D eigenvalue weighted by atomic mass is 9.40. The first-order valence-corrected chi connectivity index (χ1v) is 15.4. The Bertz CT molecular complexity index is 1860. The highest BCUT2D eigenvalue weighted by Crippen LogP contribution is 2.71. The van der Waals surface area contributed by atoms with Gasteiger partial charge in [-0.3, -0.25) is 14.9 Å². The molecule has 2 amide bonds. The van der Waals surface area contributed by atoms with E-state index in [0.29, 0.717) is 24.2 Å². The van der Waals surface area contributed by atoms with Crippen molar-refractivity contribution in [1.82, 2.24) is 10.6 Å². The summed E-state index contributed by atoms with van der Waals surface area (Å²) in [7, 11) is 1.46. The lowest BCUT2D eigenvalue weighted by molar-refractivity contribution is -0.158. The first-order chi connectivity index (χ1) is 22.2. The summed E-state index contributed by atoms with van der Waals surface area (Å²) in [6.07, 6.45) is 1.04. The standard InChI is InChI=1S/C38H33F3N2O3/c1-23(25-14-7-11-19-31(25)46-2)33(44)43-35(45)37-28-20-21-36(24-12-4-3-5-13-24,27-16-8-6-15-26(27)28)32(37)22-42-34(37)38(40,41)29-17-9-10-18-30(29)39/h3-19,28,32,34,42H,1,20-22H2,2H3,(H,43,44,45)/t28-,32+,34?,36-,37+/m1/s1. The van der Waals surface area contributed by atoms with Crippen LogP contribution in [0, 0.1) is 17.2 Å². The minimum Gasteiger partial charge on any atom is -0.496 e. The van der Waals surface area contributed by atoms with Gasteiger partial charge in [0.1, 0.15) is 11.6 Å². The van der Waals surface area contributed by atoms with Crippen molar-refractivity contribution in [2.45, 2.75) is 36.1 Å². The topological polar surface area (TPSA) is 67.4 Å². The fourth-order valence-electron chi connectivity index (χ4n) is 8.83. The molecule has 0 aromatic heterocycles. The number of benzene rings is 4. The zero-order valence-electron chi connectivity index (χ0n) is 25.2. The average Bonchev–Trinajstić information content (AvgIpc) is 3.53. The molecule has 8 heteroatoms. The van der Waals surface area contributed by atoms with Gasteiger partial charge in [-0.05, 0) is 41.7 Å². The van der Waals surface area contributed by atoms with E-state index in [1.807, 2.05) is 54.6 Å². The van der Waals surface area contributed by atoms with Gasteiger partial charge in [0.15, 0.2) is 0 Å². The van der Waals surface area contributed by atoms with Crippen LogP contribution in [-0.2, 0) is 20.9 Å². The van der Waals surface area contributed by atoms with E-state index in [0.717, 1.165) is 28.8 Å². The van der Waals surface area contributed by atoms with Crippen LogP contribution in [-0.4, -0.2) is 31.5 Å². The maximum absolute atomic E-state index is 17.0. The van der Waals surface area contributed by atoms with E-state index >= 15 is 13.2 Å². The largest absolute Gasteiger partial charge is 0.496 e. The fraction of sp³-hybridized carbons (Fsp3) is 0.263. The molecule has 5 atom stereocenters. The van der Waals surface area contributed by atoms with Crippen LogP contribution in [0.2, 0.25) is 0 Å². The Morgan fingerprint density at radius 1 is 0.935 bits per heavy atom. The van der Waals surface area contributed by atoms with Gasteiger partial charge >= 0.3 is 0 Å². The Hall–Kier alpha value is -4.69. The lowest BCUT2D eigenvalue weighted by Gasteiger charge is -2.61. The highest BCUT2D eigenvalue weighted by molar-refractivity contribution is 6.24. The first-order valence-electron chi connectivity index (χ1n) is 15.4. The third kappa shape index (κ3) is 4.05. The van der Waals surface area contributed by atoms with Gasteiger partial charge in [-0.2, -0.15) is 8.78 Å². The van der Waals surface area contributed by atoms with E-state index < -0.39 is 57.8 Å². The van der Waals surface area contributed by atoms with Crippen molar-refractivity contribution < 1.29 is 27.5 Å². The molecule has 1 saturated carbocycles. The first kappa shape index (κ1) is 30.0. The van der Waals surface area contributed by atoms with Crippen molar-refractivity contribution in [3.8, 4) is 5.75 Å². The number of amides is 2. The number of halogens is 3. The number of nitrogens with one attached hydrogen (secondary N) is 2. The molecule has 1 aliphatic heterocycles. The summed E-state index contributed by atoms with van der Waals surface area (Å²) in [5.74, 6) is -7.51. The summed E-state index contributed by atoms with van der Waals surface area (Å²) in [6.45, 7) is 3.99. The summed E-state index contributed by atoms with van der Waals surface area (Å²) < 4.78 is 54.5. The van der Waals surface area contributed by atoms with E-state index in [1.54, 1.807) is 24.3 Å². The van der Waals surface area contributed by atoms with Gasteiger partial charge in [0.25, 0.3) is 11.8 Å². The van der Waals surface area contributed by atoms with Crippen LogP contribution in [0.5, 0.6) is 5.75 Å². The van der Waals surface area contributed by atoms with E-state index in [9.17, 15) is 9.59 Å². The molecule has 1 heterocycles. The third-order valence-corrected chi connectivity index (χ3v) is 10.6. The molecular formula is C38H33F3N2O3. The van der Waals surface area contributed by atoms with Gasteiger partial charge < -0.3 is 10.1 Å². The molecule has 2 bridgehead atoms. The Labute approximate surface area is 265 Å². The van der Waals surface area contributed by atoms with Crippen molar-refractivity contribution in [2.75, 3.05) is 13.7 Å². The normalized spacial score (nSPS) is 26.1. The number of hydrogen-bond donors (Lipinski definition) is 2. The van der Waals surface area contributed by atoms with E-state index in [2.05, 4.69) is 17.2 Å². The van der Waals surface area contributed by atoms with E-state index in [-0.39, 0.29) is 12.1 Å². The minimum absolute atomic E-state index is 0.0405. The van der Waals surface area contributed by atoms with Crippen molar-refractivity contribution in [3.63, 3.8) is 0 Å². The highest BCUT2D eigenvalue weighted by atomic mass is 19.3. The molecule has 2 fully saturated rings. The highest BCUT2D eigenvalue weighted by Gasteiger charge is 2.76. The molecule has 3 aliphatic carbocycles. The van der Waals surface area contributed by atoms with E-state index in [4.69, 9.17) is 4.74 Å². The number of carbonyl (C=O) groups excluding carboxylic acids is 2. The summed E-state index contributed by atoms with van der Waals surface area (Å²) in [6, 6.07) is 27.1. The van der Waals surface area contributed by atoms with E-state index in [1.165, 1.54) is 19.2 Å². The Morgan fingerprint density at radius 2 is 1.61 bits per heavy atom. The predicted octanol–water partition coefficient (Wildman–Crippen LogP) is 6.73. The van der Waals surface area contributed by atoms with Gasteiger partial charge in [0.2, 0.25) is 5.91 Å². The van der Waals surface area contributed by atoms with Crippen LogP contribution < -0.4 is 15.4 Å². The van der Waals surface area contributed by atoms with Crippen LogP contribution >= 0.6 is 0 Å². The maximum Gasteiger partial charge on any atom is 0.292 e. The van der Waals surface area contributed by atoms with Crippen LogP contribution in [0.1, 0.15) is 46.6 Å². The van der Waals surface area contributed by atoms with Gasteiger partial charge in [-0.1, -0.05) is 97.6 Å². The third-order valence-electron chi connectivity index (χ3n) is 10.6. The second-order valence-corrected chi connectivity index (χ2v) is 12.4. The van der Waals surface area contributed by atoms with Crippen molar-refractivity contribution >= 4 is 17.4 Å². The Morgan fingerprint density at radius 3 is 2.37 bits per heavy atom. The number of hydrogen-bond acceptors (Lipinski definition) is 4. The molecule has 1 unspecified atom stereocenters. The molecule has 234 valence electrons. The molecule has 4 aliphatic rings. The zero-order valence-corrected chi connectivity index (χ0v) is 25.2. The molecule has 2 N–H and O–H groups in total. The lowest BCUT2D eigenvalue weighted by Crippen LogP contribution is -2.67. The molecule has 4 aromatic rings. The Kier molecular flexibility index (Phi) is 7.16. The number of rotatable bonds is 7. The molecule has 0 spiro atoms. The Balaban J connectivity index is 1.42. The maximum atomic E-state index is 17.0. The molecule has 46 heavy (non-hydrogen) atoms. The summed E-state index contributed by atoms with van der Waals surface area (Å²) in [5, 5.41) is 5.55. The fourth-order valence-corrected chi connectivity index (χ4v) is 8.83. The number of carbonyl (C=O) groups is 2. The number of imide groups is 1. The van der Waals surface area contributed by atoms with Gasteiger partial charge in [-0.25, -0.2) is 4.39 Å². The second kappa shape index (κ2) is 11.0. The van der Waals surface area contributed by atoms with Gasteiger partial charge in [-0.15, -0.1) is 0 Å². The number of para-hydroxylation sites is 1. The number of alkyl halides is 2. The molecule has 0 radical (unpaired) electrons. The van der Waals surface area contributed by atoms with Crippen LogP contribution in [0.15, 0.2) is 110 Å². The van der Waals surface area contributed by atoms with Crippen molar-refractivity contribution in [2.24, 2.45) is 11.3 Å². The number of methoxy groups -OCH3 is 1. The van der Waals surface area contributed by atoms with Crippen LogP contribution in [0.4, 0.5) is 13.2 Å². The SMILES string of the molecule is C=C(C(=O)NC(=O)[C@]12C(C(F)(F)c3ccccc3F)NC[C@H]1[C@@]1(c3ccccc3)CC[C@@H]2c2ccccc21)c1ccccc1OC. The monoisotopic (exact) mass is 622 g/mol. The van der Waals surface area contributed by atoms with Crippen LogP contribution in [0.25, 0.3) is 5.57 Å². The van der Waals surface area contributed by atoms with Gasteiger partial charge in [0.05, 0.1) is 24.1 Å². The molecule has 1 saturated heterocycles. The summed E-state index contributed by atoms with van der Waals surface area (Å²) >= 11 is 0. The van der Waals surface area contributed by atoms with Gasteiger partial charge in [0, 0.05) is 34.9 Å². The molecule has 4 aromatic carbocycles. The molecular weight excluding hydrogens is 589 g/mol. The smallest absolute Gasteiger partial charge is 0.292 e. The quantitative estimate of drug-likeness (QED) is 0.224. The predicted molar refractivity (Wildman–Crippen MR) is 169 cm³/mol. The summed E-state index contributed by atoms with van der Waals surface area (Å²) in [4.78, 5) is 28.8. The second-order valence-electron chi connectivity index (χ2n) is 12.4.